The normalized spacial score (nSPS) is 22.1. The van der Waals surface area contributed by atoms with E-state index in [0.717, 1.165) is 18.8 Å². The molecule has 2 heterocycles. The number of nitrogens with zero attached hydrogens (tertiary/aromatic N) is 2. The second-order valence-corrected chi connectivity index (χ2v) is 6.63. The zero-order chi connectivity index (χ0) is 13.9. The summed E-state index contributed by atoms with van der Waals surface area (Å²) in [6, 6.07) is 0.441. The smallest absolute Gasteiger partial charge is 0.110 e. The van der Waals surface area contributed by atoms with Gasteiger partial charge in [-0.2, -0.15) is 0 Å². The second-order valence-electron chi connectivity index (χ2n) is 5.74. The predicted octanol–water partition coefficient (Wildman–Crippen LogP) is 3.37. The SMILES string of the molecule is CCC1(CC)CN(C(C)c2nc(C)cs2)CCCN1. The van der Waals surface area contributed by atoms with E-state index < -0.39 is 0 Å². The van der Waals surface area contributed by atoms with E-state index >= 15 is 0 Å². The Bertz CT molecular complexity index is 398. The van der Waals surface area contributed by atoms with E-state index in [1.165, 1.54) is 30.8 Å². The number of rotatable bonds is 4. The van der Waals surface area contributed by atoms with Crippen LogP contribution in [0.4, 0.5) is 0 Å². The fraction of sp³-hybridized carbons (Fsp3) is 0.800. The summed E-state index contributed by atoms with van der Waals surface area (Å²) in [6.07, 6.45) is 3.63. The molecule has 1 N–H and O–H groups in total. The number of aromatic nitrogens is 1. The average molecular weight is 281 g/mol. The summed E-state index contributed by atoms with van der Waals surface area (Å²) < 4.78 is 0. The molecule has 1 fully saturated rings. The fourth-order valence-corrected chi connectivity index (χ4v) is 3.82. The molecule has 4 heteroatoms. The van der Waals surface area contributed by atoms with E-state index in [1.54, 1.807) is 11.3 Å². The molecule has 1 saturated heterocycles. The molecule has 0 aliphatic carbocycles. The maximum absolute atomic E-state index is 4.67. The van der Waals surface area contributed by atoms with Gasteiger partial charge in [0.1, 0.15) is 5.01 Å². The molecule has 0 bridgehead atoms. The first-order valence-electron chi connectivity index (χ1n) is 7.51. The van der Waals surface area contributed by atoms with Crippen molar-refractivity contribution in [1.82, 2.24) is 15.2 Å². The van der Waals surface area contributed by atoms with E-state index in [9.17, 15) is 0 Å². The minimum atomic E-state index is 0.289. The van der Waals surface area contributed by atoms with E-state index in [0.29, 0.717) is 6.04 Å². The molecule has 0 radical (unpaired) electrons. The summed E-state index contributed by atoms with van der Waals surface area (Å²) in [5.74, 6) is 0. The maximum Gasteiger partial charge on any atom is 0.110 e. The molecule has 0 aromatic carbocycles. The molecule has 1 aromatic heterocycles. The van der Waals surface area contributed by atoms with Crippen molar-refractivity contribution in [3.63, 3.8) is 0 Å². The largest absolute Gasteiger partial charge is 0.310 e. The topological polar surface area (TPSA) is 28.2 Å². The first-order valence-corrected chi connectivity index (χ1v) is 8.39. The van der Waals surface area contributed by atoms with Crippen LogP contribution < -0.4 is 5.32 Å². The Balaban J connectivity index is 2.13. The van der Waals surface area contributed by atoms with Crippen molar-refractivity contribution in [2.45, 2.75) is 58.5 Å². The van der Waals surface area contributed by atoms with Crippen LogP contribution in [0.3, 0.4) is 0 Å². The van der Waals surface area contributed by atoms with Crippen molar-refractivity contribution >= 4 is 11.3 Å². The Morgan fingerprint density at radius 1 is 1.47 bits per heavy atom. The predicted molar refractivity (Wildman–Crippen MR) is 82.8 cm³/mol. The molecule has 19 heavy (non-hydrogen) atoms. The van der Waals surface area contributed by atoms with E-state index in [2.05, 4.69) is 48.3 Å². The Morgan fingerprint density at radius 3 is 2.79 bits per heavy atom. The average Bonchev–Trinajstić information content (AvgIpc) is 2.75. The van der Waals surface area contributed by atoms with Gasteiger partial charge in [-0.25, -0.2) is 4.98 Å². The molecule has 0 saturated carbocycles. The van der Waals surface area contributed by atoms with Gasteiger partial charge in [-0.05, 0) is 39.7 Å². The first-order chi connectivity index (χ1) is 9.10. The molecule has 1 aliphatic heterocycles. The molecule has 0 amide bonds. The second kappa shape index (κ2) is 6.33. The number of aryl methyl sites for hydroxylation is 1. The lowest BCUT2D eigenvalue weighted by atomic mass is 9.92. The van der Waals surface area contributed by atoms with Crippen molar-refractivity contribution in [1.29, 1.82) is 0 Å². The zero-order valence-corrected chi connectivity index (χ0v) is 13.5. The molecule has 1 atom stereocenters. The van der Waals surface area contributed by atoms with Gasteiger partial charge in [0, 0.05) is 29.7 Å². The quantitative estimate of drug-likeness (QED) is 0.917. The highest BCUT2D eigenvalue weighted by Gasteiger charge is 2.32. The number of hydrogen-bond donors (Lipinski definition) is 1. The summed E-state index contributed by atoms with van der Waals surface area (Å²) >= 11 is 1.80. The first kappa shape index (κ1) is 14.9. The Labute approximate surface area is 121 Å². The van der Waals surface area contributed by atoms with E-state index in [4.69, 9.17) is 0 Å². The molecule has 0 spiro atoms. The van der Waals surface area contributed by atoms with Gasteiger partial charge in [-0.1, -0.05) is 13.8 Å². The van der Waals surface area contributed by atoms with Gasteiger partial charge < -0.3 is 5.32 Å². The van der Waals surface area contributed by atoms with Gasteiger partial charge in [0.2, 0.25) is 0 Å². The van der Waals surface area contributed by atoms with Gasteiger partial charge in [0.15, 0.2) is 0 Å². The number of thiazole rings is 1. The van der Waals surface area contributed by atoms with Crippen LogP contribution in [0.2, 0.25) is 0 Å². The van der Waals surface area contributed by atoms with Gasteiger partial charge in [0.25, 0.3) is 0 Å². The lowest BCUT2D eigenvalue weighted by Crippen LogP contribution is -2.51. The molecule has 1 aromatic rings. The monoisotopic (exact) mass is 281 g/mol. The number of hydrogen-bond acceptors (Lipinski definition) is 4. The molecule has 3 nitrogen and oxygen atoms in total. The van der Waals surface area contributed by atoms with Crippen molar-refractivity contribution in [2.24, 2.45) is 0 Å². The Morgan fingerprint density at radius 2 is 2.21 bits per heavy atom. The molecule has 1 unspecified atom stereocenters. The Kier molecular flexibility index (Phi) is 4.98. The highest BCUT2D eigenvalue weighted by molar-refractivity contribution is 7.09. The van der Waals surface area contributed by atoms with Crippen LogP contribution in [-0.4, -0.2) is 35.1 Å². The van der Waals surface area contributed by atoms with E-state index in [-0.39, 0.29) is 5.54 Å². The lowest BCUT2D eigenvalue weighted by molar-refractivity contribution is 0.156. The van der Waals surface area contributed by atoms with Crippen molar-refractivity contribution < 1.29 is 0 Å². The summed E-state index contributed by atoms with van der Waals surface area (Å²) in [5.41, 5.74) is 1.44. The standard InChI is InChI=1S/C15H27N3S/c1-5-15(6-2)11-18(9-7-8-16-15)13(4)14-17-12(3)10-19-14/h10,13,16H,5-9,11H2,1-4H3. The van der Waals surface area contributed by atoms with Crippen LogP contribution in [-0.2, 0) is 0 Å². The van der Waals surface area contributed by atoms with Gasteiger partial charge >= 0.3 is 0 Å². The van der Waals surface area contributed by atoms with Gasteiger partial charge in [-0.3, -0.25) is 4.90 Å². The summed E-state index contributed by atoms with van der Waals surface area (Å²) in [7, 11) is 0. The summed E-state index contributed by atoms with van der Waals surface area (Å²) in [6.45, 7) is 12.4. The van der Waals surface area contributed by atoms with Crippen molar-refractivity contribution in [3.8, 4) is 0 Å². The zero-order valence-electron chi connectivity index (χ0n) is 12.7. The highest BCUT2D eigenvalue weighted by atomic mass is 32.1. The van der Waals surface area contributed by atoms with Crippen LogP contribution in [0.25, 0.3) is 0 Å². The maximum atomic E-state index is 4.67. The van der Waals surface area contributed by atoms with Crippen LogP contribution in [0, 0.1) is 6.92 Å². The van der Waals surface area contributed by atoms with Crippen LogP contribution in [0.5, 0.6) is 0 Å². The Hall–Kier alpha value is -0.450. The van der Waals surface area contributed by atoms with E-state index in [1.807, 2.05) is 0 Å². The lowest BCUT2D eigenvalue weighted by Gasteiger charge is -2.37. The van der Waals surface area contributed by atoms with Crippen LogP contribution in [0.1, 0.15) is 56.8 Å². The molecular weight excluding hydrogens is 254 g/mol. The molecule has 2 rings (SSSR count). The van der Waals surface area contributed by atoms with Crippen LogP contribution in [0.15, 0.2) is 5.38 Å². The van der Waals surface area contributed by atoms with Crippen molar-refractivity contribution in [2.75, 3.05) is 19.6 Å². The third-order valence-electron chi connectivity index (χ3n) is 4.52. The van der Waals surface area contributed by atoms with Gasteiger partial charge in [-0.15, -0.1) is 11.3 Å². The molecule has 1 aliphatic rings. The van der Waals surface area contributed by atoms with Crippen LogP contribution >= 0.6 is 11.3 Å². The third kappa shape index (κ3) is 3.36. The highest BCUT2D eigenvalue weighted by Crippen LogP contribution is 2.28. The third-order valence-corrected chi connectivity index (χ3v) is 5.66. The molecular formula is C15H27N3S. The number of nitrogens with one attached hydrogen (secondary N) is 1. The minimum absolute atomic E-state index is 0.289. The van der Waals surface area contributed by atoms with Crippen molar-refractivity contribution in [3.05, 3.63) is 16.1 Å². The fourth-order valence-electron chi connectivity index (χ4n) is 2.93. The van der Waals surface area contributed by atoms with Gasteiger partial charge in [0.05, 0.1) is 6.04 Å². The summed E-state index contributed by atoms with van der Waals surface area (Å²) in [4.78, 5) is 7.29. The molecule has 108 valence electrons. The summed E-state index contributed by atoms with van der Waals surface area (Å²) in [5, 5.41) is 7.20. The minimum Gasteiger partial charge on any atom is -0.310 e.